The van der Waals surface area contributed by atoms with E-state index < -0.39 is 0 Å². The van der Waals surface area contributed by atoms with E-state index in [1.807, 2.05) is 0 Å². The first-order chi connectivity index (χ1) is 7.43. The van der Waals surface area contributed by atoms with Crippen LogP contribution in [0.15, 0.2) is 0 Å². The molecule has 0 heterocycles. The number of alkyl halides is 1. The van der Waals surface area contributed by atoms with Crippen molar-refractivity contribution in [2.45, 2.75) is 31.5 Å². The minimum atomic E-state index is -0.300. The second kappa shape index (κ2) is 8.03. The van der Waals surface area contributed by atoms with Gasteiger partial charge >= 0.3 is 5.97 Å². The monoisotopic (exact) mass is 295 g/mol. The van der Waals surface area contributed by atoms with E-state index in [4.69, 9.17) is 5.11 Å². The number of methoxy groups -OCH3 is 1. The molecule has 0 spiro atoms. The number of carbonyl (C=O) groups is 1. The Bertz CT molecular complexity index is 209. The summed E-state index contributed by atoms with van der Waals surface area (Å²) in [4.78, 5) is 10.8. The summed E-state index contributed by atoms with van der Waals surface area (Å²) in [6.07, 6.45) is 1.77. The van der Waals surface area contributed by atoms with E-state index in [1.165, 1.54) is 7.11 Å². The highest BCUT2D eigenvalue weighted by atomic mass is 79.9. The van der Waals surface area contributed by atoms with E-state index in [1.54, 1.807) is 0 Å². The number of aliphatic hydroxyl groups is 1. The minimum absolute atomic E-state index is 0.131. The van der Waals surface area contributed by atoms with Crippen LogP contribution in [0.1, 0.15) is 26.7 Å². The van der Waals surface area contributed by atoms with Gasteiger partial charge in [-0.15, -0.1) is 0 Å². The molecule has 1 atom stereocenters. The number of halogens is 1. The second-order valence-electron chi connectivity index (χ2n) is 4.61. The lowest BCUT2D eigenvalue weighted by molar-refractivity contribution is -0.139. The van der Waals surface area contributed by atoms with Crippen molar-refractivity contribution in [3.63, 3.8) is 0 Å². The molecule has 5 heteroatoms. The van der Waals surface area contributed by atoms with Crippen LogP contribution in [0, 0.1) is 5.41 Å². The molecule has 2 N–H and O–H groups in total. The molecular weight excluding hydrogens is 274 g/mol. The molecule has 0 aliphatic rings. The normalized spacial score (nSPS) is 13.6. The molecule has 1 unspecified atom stereocenters. The lowest BCUT2D eigenvalue weighted by atomic mass is 9.88. The Hall–Kier alpha value is -0.130. The third-order valence-corrected chi connectivity index (χ3v) is 3.09. The molecule has 4 nitrogen and oxygen atoms in total. The zero-order valence-corrected chi connectivity index (χ0v) is 11.8. The number of ether oxygens (including phenoxy) is 1. The number of aliphatic hydroxyl groups excluding tert-OH is 1. The first-order valence-corrected chi connectivity index (χ1v) is 6.38. The number of rotatable bonds is 8. The fourth-order valence-electron chi connectivity index (χ4n) is 1.39. The predicted octanol–water partition coefficient (Wildman–Crippen LogP) is 1.31. The van der Waals surface area contributed by atoms with Crippen LogP contribution in [0.3, 0.4) is 0 Å². The summed E-state index contributed by atoms with van der Waals surface area (Å²) in [7, 11) is 1.38. The summed E-state index contributed by atoms with van der Waals surface area (Å²) >= 11 is 3.25. The molecule has 0 bridgehead atoms. The standard InChI is InChI=1S/C11H22BrNO3/c1-11(2,5-4-6-14)8-13-7-9(12)10(15)16-3/h9,13-14H,4-8H2,1-3H3. The van der Waals surface area contributed by atoms with Gasteiger partial charge in [0.1, 0.15) is 4.83 Å². The molecule has 0 saturated heterocycles. The van der Waals surface area contributed by atoms with Gasteiger partial charge < -0.3 is 15.2 Å². The van der Waals surface area contributed by atoms with Crippen LogP contribution in [-0.4, -0.2) is 42.7 Å². The molecule has 0 aliphatic heterocycles. The van der Waals surface area contributed by atoms with Crippen LogP contribution >= 0.6 is 15.9 Å². The third kappa shape index (κ3) is 7.19. The Labute approximate surface area is 106 Å². The molecule has 16 heavy (non-hydrogen) atoms. The quantitative estimate of drug-likeness (QED) is 0.524. The number of nitrogens with one attached hydrogen (secondary N) is 1. The highest BCUT2D eigenvalue weighted by Crippen LogP contribution is 2.20. The van der Waals surface area contributed by atoms with Crippen LogP contribution in [-0.2, 0) is 9.53 Å². The third-order valence-electron chi connectivity index (χ3n) is 2.40. The summed E-state index contributed by atoms with van der Waals surface area (Å²) in [5, 5.41) is 12.0. The van der Waals surface area contributed by atoms with Crippen molar-refractivity contribution < 1.29 is 14.6 Å². The van der Waals surface area contributed by atoms with Gasteiger partial charge in [0.2, 0.25) is 0 Å². The average Bonchev–Trinajstić information content (AvgIpc) is 2.24. The van der Waals surface area contributed by atoms with Gasteiger partial charge in [-0.3, -0.25) is 4.79 Å². The van der Waals surface area contributed by atoms with E-state index >= 15 is 0 Å². The Balaban J connectivity index is 3.75. The lowest BCUT2D eigenvalue weighted by Gasteiger charge is -2.25. The molecule has 0 rings (SSSR count). The summed E-state index contributed by atoms with van der Waals surface area (Å²) in [5.74, 6) is -0.263. The van der Waals surface area contributed by atoms with Crippen LogP contribution in [0.4, 0.5) is 0 Å². The van der Waals surface area contributed by atoms with E-state index in [0.29, 0.717) is 6.54 Å². The van der Waals surface area contributed by atoms with Gasteiger partial charge in [-0.1, -0.05) is 29.8 Å². The van der Waals surface area contributed by atoms with Crippen molar-refractivity contribution >= 4 is 21.9 Å². The molecule has 0 aromatic carbocycles. The van der Waals surface area contributed by atoms with E-state index in [2.05, 4.69) is 39.8 Å². The molecule has 0 aromatic heterocycles. The van der Waals surface area contributed by atoms with Crippen molar-refractivity contribution in [1.29, 1.82) is 0 Å². The number of carbonyl (C=O) groups excluding carboxylic acids is 1. The molecule has 0 aromatic rings. The Morgan fingerprint density at radius 3 is 2.69 bits per heavy atom. The van der Waals surface area contributed by atoms with Gasteiger partial charge in [-0.2, -0.15) is 0 Å². The predicted molar refractivity (Wildman–Crippen MR) is 67.7 cm³/mol. The Kier molecular flexibility index (Phi) is 7.97. The van der Waals surface area contributed by atoms with Crippen LogP contribution in [0.2, 0.25) is 0 Å². The highest BCUT2D eigenvalue weighted by Gasteiger charge is 2.19. The van der Waals surface area contributed by atoms with Gasteiger partial charge in [-0.05, 0) is 18.3 Å². The minimum Gasteiger partial charge on any atom is -0.468 e. The summed E-state index contributed by atoms with van der Waals surface area (Å²) in [5.41, 5.74) is 0.131. The largest absolute Gasteiger partial charge is 0.468 e. The number of hydrogen-bond donors (Lipinski definition) is 2. The van der Waals surface area contributed by atoms with E-state index in [-0.39, 0.29) is 22.8 Å². The maximum Gasteiger partial charge on any atom is 0.320 e. The summed E-state index contributed by atoms with van der Waals surface area (Å²) in [6, 6.07) is 0. The number of esters is 1. The van der Waals surface area contributed by atoms with Gasteiger partial charge in [0.15, 0.2) is 0 Å². The first kappa shape index (κ1) is 15.9. The van der Waals surface area contributed by atoms with Crippen molar-refractivity contribution in [3.8, 4) is 0 Å². The SMILES string of the molecule is COC(=O)C(Br)CNCC(C)(C)CCCO. The fourth-order valence-corrected chi connectivity index (χ4v) is 1.81. The van der Waals surface area contributed by atoms with Gasteiger partial charge in [0, 0.05) is 19.7 Å². The van der Waals surface area contributed by atoms with Crippen molar-refractivity contribution in [1.82, 2.24) is 5.32 Å². The zero-order valence-electron chi connectivity index (χ0n) is 10.3. The van der Waals surface area contributed by atoms with Crippen LogP contribution in [0.25, 0.3) is 0 Å². The van der Waals surface area contributed by atoms with Crippen molar-refractivity contribution in [2.24, 2.45) is 5.41 Å². The fraction of sp³-hybridized carbons (Fsp3) is 0.909. The van der Waals surface area contributed by atoms with Crippen molar-refractivity contribution in [2.75, 3.05) is 26.8 Å². The Morgan fingerprint density at radius 1 is 1.56 bits per heavy atom. The topological polar surface area (TPSA) is 58.6 Å². The molecule has 96 valence electrons. The van der Waals surface area contributed by atoms with Gasteiger partial charge in [-0.25, -0.2) is 0 Å². The lowest BCUT2D eigenvalue weighted by Crippen LogP contribution is -2.36. The zero-order chi connectivity index (χ0) is 12.6. The second-order valence-corrected chi connectivity index (χ2v) is 5.72. The van der Waals surface area contributed by atoms with Crippen LogP contribution < -0.4 is 5.32 Å². The highest BCUT2D eigenvalue weighted by molar-refractivity contribution is 9.10. The maximum atomic E-state index is 11.1. The van der Waals surface area contributed by atoms with Crippen LogP contribution in [0.5, 0.6) is 0 Å². The summed E-state index contributed by atoms with van der Waals surface area (Å²) < 4.78 is 4.60. The molecule has 0 saturated carbocycles. The molecule has 0 fully saturated rings. The summed E-state index contributed by atoms with van der Waals surface area (Å²) in [6.45, 7) is 5.86. The van der Waals surface area contributed by atoms with Gasteiger partial charge in [0.05, 0.1) is 7.11 Å². The maximum absolute atomic E-state index is 11.1. The molecule has 0 aliphatic carbocycles. The van der Waals surface area contributed by atoms with E-state index in [0.717, 1.165) is 19.4 Å². The molecule has 0 amide bonds. The smallest absolute Gasteiger partial charge is 0.320 e. The molecular formula is C11H22BrNO3. The van der Waals surface area contributed by atoms with Gasteiger partial charge in [0.25, 0.3) is 0 Å². The molecule has 0 radical (unpaired) electrons. The average molecular weight is 296 g/mol. The van der Waals surface area contributed by atoms with Crippen molar-refractivity contribution in [3.05, 3.63) is 0 Å². The Morgan fingerprint density at radius 2 is 2.19 bits per heavy atom. The number of hydrogen-bond acceptors (Lipinski definition) is 4. The van der Waals surface area contributed by atoms with E-state index in [9.17, 15) is 4.79 Å². The first-order valence-electron chi connectivity index (χ1n) is 5.46.